The zero-order valence-electron chi connectivity index (χ0n) is 33.9. The molecule has 0 radical (unpaired) electrons. The van der Waals surface area contributed by atoms with Gasteiger partial charge in [0.05, 0.1) is 11.2 Å². The number of carboxylic acid groups (broad SMARTS) is 2. The van der Waals surface area contributed by atoms with E-state index >= 15 is 4.39 Å². The van der Waals surface area contributed by atoms with Gasteiger partial charge >= 0.3 is 18.2 Å². The van der Waals surface area contributed by atoms with Crippen molar-refractivity contribution in [3.05, 3.63) is 117 Å². The van der Waals surface area contributed by atoms with E-state index in [1.54, 1.807) is 53.6 Å². The molecule has 2 aromatic heterocycles. The number of fused-ring (bicyclic) bond motifs is 1. The number of piperazine rings is 1. The molecule has 3 amide bonds. The van der Waals surface area contributed by atoms with Crippen molar-refractivity contribution >= 4 is 52.8 Å². The van der Waals surface area contributed by atoms with Crippen molar-refractivity contribution < 1.29 is 52.5 Å². The van der Waals surface area contributed by atoms with Crippen LogP contribution in [-0.4, -0.2) is 86.6 Å². The Morgan fingerprint density at radius 3 is 2.16 bits per heavy atom. The summed E-state index contributed by atoms with van der Waals surface area (Å²) in [6.07, 6.45) is 0.0802. The standard InChI is InChI=1S/C41H44FN7O9.CH2O2/c1-5-47-21-30(39(52)53)35(50)29-19-31(42)33(20-32(29)47)48-15-17-49(18-16-48)41(55)57-23-27-11-13-28(14-12-27)43-36(51)25(4)37-45-46-38(58-37)34(24(2)3)44-40(54)56-22-26-9-7-6-8-10-26;2-1-3/h6-14,19-21,24-25,34H,5,15-18,22-23H2,1-4H3,(H,43,51)(H,44,54)(H,52,53);1H,(H,2,3)/t25-,34+;/m1./s1. The monoisotopic (exact) mass is 843 g/mol. The summed E-state index contributed by atoms with van der Waals surface area (Å²) in [4.78, 5) is 74.5. The number of halogens is 1. The molecule has 19 heteroatoms. The molecule has 1 aliphatic heterocycles. The zero-order valence-corrected chi connectivity index (χ0v) is 33.9. The molecule has 18 nitrogen and oxygen atoms in total. The molecule has 3 aromatic carbocycles. The summed E-state index contributed by atoms with van der Waals surface area (Å²) in [5.41, 5.74) is 1.50. The first-order valence-electron chi connectivity index (χ1n) is 19.3. The Morgan fingerprint density at radius 1 is 0.918 bits per heavy atom. The van der Waals surface area contributed by atoms with Crippen molar-refractivity contribution in [1.29, 1.82) is 0 Å². The van der Waals surface area contributed by atoms with Crippen molar-refractivity contribution in [2.24, 2.45) is 5.92 Å². The Balaban J connectivity index is 0.00000228. The quantitative estimate of drug-likeness (QED) is 0.103. The molecule has 0 bridgehead atoms. The molecule has 0 aliphatic carbocycles. The number of hydrogen-bond acceptors (Lipinski definition) is 12. The number of aromatic carboxylic acids is 1. The smallest absolute Gasteiger partial charge is 0.410 e. The molecule has 6 rings (SSSR count). The molecule has 0 saturated carbocycles. The Morgan fingerprint density at radius 2 is 1.54 bits per heavy atom. The van der Waals surface area contributed by atoms with Gasteiger partial charge in [0.25, 0.3) is 6.47 Å². The van der Waals surface area contributed by atoms with Gasteiger partial charge in [0.1, 0.15) is 36.6 Å². The number of carbonyl (C=O) groups is 5. The third-order valence-electron chi connectivity index (χ3n) is 9.82. The number of alkyl carbamates (subject to hydrolysis) is 1. The lowest BCUT2D eigenvalue weighted by molar-refractivity contribution is -0.123. The number of carbonyl (C=O) groups excluding carboxylic acids is 3. The Bertz CT molecular complexity index is 2400. The Labute approximate surface area is 348 Å². The summed E-state index contributed by atoms with van der Waals surface area (Å²) in [6, 6.07) is 18.0. The number of ether oxygens (including phenoxy) is 2. The number of aryl methyl sites for hydroxylation is 1. The van der Waals surface area contributed by atoms with Gasteiger partial charge in [-0.2, -0.15) is 0 Å². The number of aromatic nitrogens is 3. The number of nitrogens with one attached hydrogen (secondary N) is 2. The third-order valence-corrected chi connectivity index (χ3v) is 9.82. The molecular formula is C42H46FN7O11. The molecule has 0 unspecified atom stereocenters. The maximum atomic E-state index is 15.3. The van der Waals surface area contributed by atoms with Gasteiger partial charge in [-0.05, 0) is 55.2 Å². The van der Waals surface area contributed by atoms with Crippen molar-refractivity contribution in [3.63, 3.8) is 0 Å². The van der Waals surface area contributed by atoms with E-state index in [0.717, 1.165) is 11.6 Å². The maximum absolute atomic E-state index is 15.3. The fourth-order valence-electron chi connectivity index (χ4n) is 6.42. The van der Waals surface area contributed by atoms with Gasteiger partial charge in [0.15, 0.2) is 0 Å². The number of amides is 3. The number of benzene rings is 3. The highest BCUT2D eigenvalue weighted by Crippen LogP contribution is 2.28. The summed E-state index contributed by atoms with van der Waals surface area (Å²) >= 11 is 0. The molecule has 1 aliphatic rings. The van der Waals surface area contributed by atoms with Crippen LogP contribution < -0.4 is 21.0 Å². The molecule has 1 fully saturated rings. The summed E-state index contributed by atoms with van der Waals surface area (Å²) < 4.78 is 33.6. The van der Waals surface area contributed by atoms with Crippen LogP contribution in [0.2, 0.25) is 0 Å². The number of rotatable bonds is 13. The third kappa shape index (κ3) is 11.3. The summed E-state index contributed by atoms with van der Waals surface area (Å²) in [6.45, 7) is 8.49. The minimum Gasteiger partial charge on any atom is -0.483 e. The van der Waals surface area contributed by atoms with Crippen LogP contribution in [0.4, 0.5) is 25.4 Å². The average Bonchev–Trinajstić information content (AvgIpc) is 3.75. The topological polar surface area (TPSA) is 236 Å². The molecule has 0 spiro atoms. The molecule has 322 valence electrons. The van der Waals surface area contributed by atoms with Crippen molar-refractivity contribution in [2.75, 3.05) is 36.4 Å². The highest BCUT2D eigenvalue weighted by atomic mass is 19.1. The van der Waals surface area contributed by atoms with Gasteiger partial charge in [0, 0.05) is 50.0 Å². The Hall–Kier alpha value is -7.31. The molecular weight excluding hydrogens is 797 g/mol. The second-order valence-electron chi connectivity index (χ2n) is 14.2. The predicted octanol–water partition coefficient (Wildman–Crippen LogP) is 5.77. The van der Waals surface area contributed by atoms with Crippen LogP contribution in [0.25, 0.3) is 10.9 Å². The molecule has 3 heterocycles. The van der Waals surface area contributed by atoms with Crippen LogP contribution in [0.1, 0.15) is 72.9 Å². The van der Waals surface area contributed by atoms with Crippen LogP contribution in [0.15, 0.2) is 82.1 Å². The van der Waals surface area contributed by atoms with E-state index in [4.69, 9.17) is 23.8 Å². The van der Waals surface area contributed by atoms with E-state index in [0.29, 0.717) is 36.4 Å². The number of anilines is 2. The second-order valence-corrected chi connectivity index (χ2v) is 14.2. The largest absolute Gasteiger partial charge is 0.483 e. The average molecular weight is 844 g/mol. The second kappa shape index (κ2) is 20.6. The predicted molar refractivity (Wildman–Crippen MR) is 219 cm³/mol. The highest BCUT2D eigenvalue weighted by Gasteiger charge is 2.29. The summed E-state index contributed by atoms with van der Waals surface area (Å²) in [5, 5.41) is 30.0. The highest BCUT2D eigenvalue weighted by molar-refractivity contribution is 5.95. The number of nitrogens with zero attached hydrogens (tertiary/aromatic N) is 5. The summed E-state index contributed by atoms with van der Waals surface area (Å²) in [5.74, 6) is -3.17. The van der Waals surface area contributed by atoms with Crippen molar-refractivity contribution in [1.82, 2.24) is 25.0 Å². The molecule has 61 heavy (non-hydrogen) atoms. The molecule has 4 N–H and O–H groups in total. The van der Waals surface area contributed by atoms with Gasteiger partial charge < -0.3 is 49.1 Å². The number of pyridine rings is 1. The van der Waals surface area contributed by atoms with E-state index in [-0.39, 0.29) is 61.5 Å². The van der Waals surface area contributed by atoms with E-state index in [9.17, 15) is 29.1 Å². The summed E-state index contributed by atoms with van der Waals surface area (Å²) in [7, 11) is 0. The van der Waals surface area contributed by atoms with Crippen LogP contribution in [0.3, 0.4) is 0 Å². The molecule has 1 saturated heterocycles. The normalized spacial score (nSPS) is 13.4. The lowest BCUT2D eigenvalue weighted by Crippen LogP contribution is -2.49. The molecule has 2 atom stereocenters. The lowest BCUT2D eigenvalue weighted by atomic mass is 10.1. The van der Waals surface area contributed by atoms with Crippen LogP contribution in [-0.2, 0) is 38.8 Å². The number of carboxylic acids is 1. The van der Waals surface area contributed by atoms with E-state index < -0.39 is 52.8 Å². The van der Waals surface area contributed by atoms with Crippen molar-refractivity contribution in [3.8, 4) is 0 Å². The van der Waals surface area contributed by atoms with Gasteiger partial charge in [-0.3, -0.25) is 14.4 Å². The van der Waals surface area contributed by atoms with E-state index in [2.05, 4.69) is 20.8 Å². The van der Waals surface area contributed by atoms with Crippen LogP contribution in [0, 0.1) is 11.7 Å². The van der Waals surface area contributed by atoms with Crippen molar-refractivity contribution in [2.45, 2.75) is 59.4 Å². The van der Waals surface area contributed by atoms with E-state index in [1.807, 2.05) is 44.2 Å². The zero-order chi connectivity index (χ0) is 44.2. The fourth-order valence-corrected chi connectivity index (χ4v) is 6.42. The van der Waals surface area contributed by atoms with Gasteiger partial charge in [-0.25, -0.2) is 18.8 Å². The van der Waals surface area contributed by atoms with Crippen LogP contribution in [0.5, 0.6) is 0 Å². The van der Waals surface area contributed by atoms with E-state index in [1.165, 1.54) is 11.1 Å². The van der Waals surface area contributed by atoms with Gasteiger partial charge in [-0.15, -0.1) is 10.2 Å². The van der Waals surface area contributed by atoms with Gasteiger partial charge in [0.2, 0.25) is 23.1 Å². The first kappa shape index (κ1) is 44.8. The van der Waals surface area contributed by atoms with Crippen LogP contribution >= 0.6 is 0 Å². The molecule has 5 aromatic rings. The maximum Gasteiger partial charge on any atom is 0.410 e. The fraction of sp³-hybridized carbons (Fsp3) is 0.333. The minimum absolute atomic E-state index is 0.0149. The number of hydrogen-bond donors (Lipinski definition) is 4. The van der Waals surface area contributed by atoms with Gasteiger partial charge in [-0.1, -0.05) is 56.3 Å². The lowest BCUT2D eigenvalue weighted by Gasteiger charge is -2.35. The first-order valence-corrected chi connectivity index (χ1v) is 19.3. The Kier molecular flexibility index (Phi) is 15.1. The SMILES string of the molecule is CCn1cc(C(=O)O)c(=O)c2cc(F)c(N3CCN(C(=O)OCc4ccc(NC(=O)[C@@H](C)c5nnc([C@@H](NC(=O)OCc6ccccc6)C(C)C)o5)cc4)CC3)cc21.O=CO. The first-order chi connectivity index (χ1) is 29.2. The minimum atomic E-state index is -1.38.